The van der Waals surface area contributed by atoms with Crippen molar-refractivity contribution >= 4 is 10.0 Å². The Morgan fingerprint density at radius 2 is 1.70 bits per heavy atom. The van der Waals surface area contributed by atoms with Gasteiger partial charge in [0.25, 0.3) is 0 Å². The predicted molar refractivity (Wildman–Crippen MR) is 86.7 cm³/mol. The molecule has 0 saturated carbocycles. The third-order valence-corrected chi connectivity index (χ3v) is 6.82. The molecule has 2 fully saturated rings. The van der Waals surface area contributed by atoms with Gasteiger partial charge in [-0.2, -0.15) is 9.40 Å². The zero-order chi connectivity index (χ0) is 16.4. The summed E-state index contributed by atoms with van der Waals surface area (Å²) in [6.45, 7) is 8.66. The fourth-order valence-corrected chi connectivity index (χ4v) is 5.25. The molecule has 0 unspecified atom stereocenters. The molecule has 0 N–H and O–H groups in total. The second kappa shape index (κ2) is 6.88. The standard InChI is InChI=1S/C15H26N4O3S/c1-13-15(23(20,21)18-6-4-3-5-7-18)14(2)19(16-13)12-17-8-10-22-11-9-17/h3-12H2,1-2H3. The summed E-state index contributed by atoms with van der Waals surface area (Å²) in [6, 6.07) is 0. The monoisotopic (exact) mass is 342 g/mol. The average molecular weight is 342 g/mol. The number of rotatable bonds is 4. The van der Waals surface area contributed by atoms with Crippen molar-refractivity contribution < 1.29 is 13.2 Å². The number of sulfonamides is 1. The summed E-state index contributed by atoms with van der Waals surface area (Å²) < 4.78 is 34.7. The molecule has 0 spiro atoms. The maximum Gasteiger partial charge on any atom is 0.246 e. The van der Waals surface area contributed by atoms with Crippen LogP contribution in [0, 0.1) is 13.8 Å². The molecule has 0 aromatic carbocycles. The molecule has 0 atom stereocenters. The average Bonchev–Trinajstić information content (AvgIpc) is 2.83. The molecule has 2 aliphatic rings. The predicted octanol–water partition coefficient (Wildman–Crippen LogP) is 0.964. The van der Waals surface area contributed by atoms with Crippen LogP contribution in [-0.4, -0.2) is 66.8 Å². The number of morpholine rings is 1. The van der Waals surface area contributed by atoms with E-state index < -0.39 is 10.0 Å². The molecule has 23 heavy (non-hydrogen) atoms. The fourth-order valence-electron chi connectivity index (χ4n) is 3.36. The van der Waals surface area contributed by atoms with Crippen LogP contribution in [0.25, 0.3) is 0 Å². The second-order valence-corrected chi connectivity index (χ2v) is 8.21. The summed E-state index contributed by atoms with van der Waals surface area (Å²) in [7, 11) is -3.44. The van der Waals surface area contributed by atoms with Gasteiger partial charge >= 0.3 is 0 Å². The Hall–Kier alpha value is -0.960. The summed E-state index contributed by atoms with van der Waals surface area (Å²) in [6.07, 6.45) is 3.00. The third-order valence-electron chi connectivity index (χ3n) is 4.67. The molecule has 0 radical (unpaired) electrons. The Morgan fingerprint density at radius 3 is 2.35 bits per heavy atom. The van der Waals surface area contributed by atoms with Crippen molar-refractivity contribution in [2.75, 3.05) is 39.4 Å². The van der Waals surface area contributed by atoms with E-state index in [4.69, 9.17) is 4.74 Å². The molecular formula is C15H26N4O3S. The minimum Gasteiger partial charge on any atom is -0.379 e. The first-order valence-electron chi connectivity index (χ1n) is 8.34. The highest BCUT2D eigenvalue weighted by Crippen LogP contribution is 2.26. The van der Waals surface area contributed by atoms with E-state index >= 15 is 0 Å². The van der Waals surface area contributed by atoms with Crippen molar-refractivity contribution in [2.24, 2.45) is 0 Å². The van der Waals surface area contributed by atoms with E-state index in [9.17, 15) is 8.42 Å². The van der Waals surface area contributed by atoms with Crippen molar-refractivity contribution in [1.82, 2.24) is 19.0 Å². The van der Waals surface area contributed by atoms with Crippen LogP contribution in [0.2, 0.25) is 0 Å². The molecule has 0 amide bonds. The molecular weight excluding hydrogens is 316 g/mol. The van der Waals surface area contributed by atoms with Gasteiger partial charge in [0.15, 0.2) is 0 Å². The quantitative estimate of drug-likeness (QED) is 0.815. The first-order valence-corrected chi connectivity index (χ1v) is 9.78. The lowest BCUT2D eigenvalue weighted by Crippen LogP contribution is -2.38. The Morgan fingerprint density at radius 1 is 1.04 bits per heavy atom. The van der Waals surface area contributed by atoms with E-state index in [2.05, 4.69) is 10.00 Å². The van der Waals surface area contributed by atoms with Crippen LogP contribution < -0.4 is 0 Å². The van der Waals surface area contributed by atoms with Gasteiger partial charge in [-0.15, -0.1) is 0 Å². The van der Waals surface area contributed by atoms with Gasteiger partial charge in [-0.3, -0.25) is 9.58 Å². The van der Waals surface area contributed by atoms with E-state index in [1.807, 2.05) is 11.6 Å². The number of hydrogen-bond acceptors (Lipinski definition) is 5. The van der Waals surface area contributed by atoms with Crippen molar-refractivity contribution in [3.63, 3.8) is 0 Å². The van der Waals surface area contributed by atoms with Gasteiger partial charge < -0.3 is 4.74 Å². The Balaban J connectivity index is 1.84. The molecule has 2 aliphatic heterocycles. The Kier molecular flexibility index (Phi) is 5.05. The van der Waals surface area contributed by atoms with Crippen LogP contribution >= 0.6 is 0 Å². The highest BCUT2D eigenvalue weighted by atomic mass is 32.2. The van der Waals surface area contributed by atoms with Crippen molar-refractivity contribution in [1.29, 1.82) is 0 Å². The molecule has 3 heterocycles. The SMILES string of the molecule is Cc1nn(CN2CCOCC2)c(C)c1S(=O)(=O)N1CCCCC1. The lowest BCUT2D eigenvalue weighted by Gasteiger charge is -2.27. The zero-order valence-electron chi connectivity index (χ0n) is 14.0. The van der Waals surface area contributed by atoms with Crippen LogP contribution in [-0.2, 0) is 21.4 Å². The number of nitrogens with zero attached hydrogens (tertiary/aromatic N) is 4. The summed E-state index contributed by atoms with van der Waals surface area (Å²) >= 11 is 0. The molecule has 0 bridgehead atoms. The molecule has 130 valence electrons. The minimum atomic E-state index is -3.44. The van der Waals surface area contributed by atoms with Crippen LogP contribution in [0.15, 0.2) is 4.90 Å². The maximum absolute atomic E-state index is 13.0. The molecule has 2 saturated heterocycles. The fraction of sp³-hybridized carbons (Fsp3) is 0.800. The van der Waals surface area contributed by atoms with E-state index in [0.29, 0.717) is 30.3 Å². The largest absolute Gasteiger partial charge is 0.379 e. The van der Waals surface area contributed by atoms with E-state index in [0.717, 1.165) is 51.3 Å². The third kappa shape index (κ3) is 3.45. The molecule has 1 aromatic heterocycles. The number of ether oxygens (including phenoxy) is 1. The first-order chi connectivity index (χ1) is 11.0. The number of aryl methyl sites for hydroxylation is 1. The zero-order valence-corrected chi connectivity index (χ0v) is 14.8. The van der Waals surface area contributed by atoms with Crippen molar-refractivity contribution in [2.45, 2.75) is 44.7 Å². The Bertz CT molecular complexity index is 644. The van der Waals surface area contributed by atoms with Gasteiger partial charge in [0.05, 0.1) is 31.3 Å². The van der Waals surface area contributed by atoms with Gasteiger partial charge in [-0.1, -0.05) is 6.42 Å². The van der Waals surface area contributed by atoms with E-state index in [1.165, 1.54) is 0 Å². The number of hydrogen-bond donors (Lipinski definition) is 0. The second-order valence-electron chi connectivity index (χ2n) is 6.34. The lowest BCUT2D eigenvalue weighted by atomic mass is 10.2. The van der Waals surface area contributed by atoms with E-state index in [-0.39, 0.29) is 0 Å². The Labute approximate surface area is 138 Å². The van der Waals surface area contributed by atoms with Crippen LogP contribution in [0.1, 0.15) is 30.7 Å². The molecule has 7 nitrogen and oxygen atoms in total. The topological polar surface area (TPSA) is 67.7 Å². The minimum absolute atomic E-state index is 0.396. The van der Waals surface area contributed by atoms with Gasteiger partial charge in [0.2, 0.25) is 10.0 Å². The van der Waals surface area contributed by atoms with Crippen LogP contribution in [0.4, 0.5) is 0 Å². The maximum atomic E-state index is 13.0. The van der Waals surface area contributed by atoms with Gasteiger partial charge in [0.1, 0.15) is 4.90 Å². The van der Waals surface area contributed by atoms with Crippen LogP contribution in [0.5, 0.6) is 0 Å². The summed E-state index contributed by atoms with van der Waals surface area (Å²) in [5, 5.41) is 4.49. The number of piperidine rings is 1. The number of aromatic nitrogens is 2. The summed E-state index contributed by atoms with van der Waals surface area (Å²) in [5.41, 5.74) is 1.33. The molecule has 3 rings (SSSR count). The van der Waals surface area contributed by atoms with Crippen molar-refractivity contribution in [3.8, 4) is 0 Å². The summed E-state index contributed by atoms with van der Waals surface area (Å²) in [4.78, 5) is 2.63. The molecule has 0 aliphatic carbocycles. The summed E-state index contributed by atoms with van der Waals surface area (Å²) in [5.74, 6) is 0. The van der Waals surface area contributed by atoms with E-state index in [1.54, 1.807) is 11.2 Å². The first kappa shape index (κ1) is 16.9. The smallest absolute Gasteiger partial charge is 0.246 e. The van der Waals surface area contributed by atoms with Gasteiger partial charge in [0, 0.05) is 26.2 Å². The highest BCUT2D eigenvalue weighted by molar-refractivity contribution is 7.89. The highest BCUT2D eigenvalue weighted by Gasteiger charge is 2.32. The van der Waals surface area contributed by atoms with Crippen LogP contribution in [0.3, 0.4) is 0 Å². The van der Waals surface area contributed by atoms with Gasteiger partial charge in [-0.25, -0.2) is 8.42 Å². The lowest BCUT2D eigenvalue weighted by molar-refractivity contribution is 0.0208. The molecule has 1 aromatic rings. The van der Waals surface area contributed by atoms with Gasteiger partial charge in [-0.05, 0) is 26.7 Å². The molecule has 8 heteroatoms. The normalized spacial score (nSPS) is 21.7. The van der Waals surface area contributed by atoms with Crippen molar-refractivity contribution in [3.05, 3.63) is 11.4 Å².